The molecule has 0 spiro atoms. The summed E-state index contributed by atoms with van der Waals surface area (Å²) >= 11 is 0. The molecule has 3 N–H and O–H groups in total. The molecule has 4 heteroatoms. The number of ketones is 1. The van der Waals surface area contributed by atoms with Gasteiger partial charge in [-0.15, -0.1) is 0 Å². The van der Waals surface area contributed by atoms with Gasteiger partial charge in [0, 0.05) is 12.1 Å². The fourth-order valence-corrected chi connectivity index (χ4v) is 1.75. The van der Waals surface area contributed by atoms with Gasteiger partial charge in [-0.1, -0.05) is 26.0 Å². The summed E-state index contributed by atoms with van der Waals surface area (Å²) in [6.45, 7) is 5.33. The van der Waals surface area contributed by atoms with Crippen LogP contribution in [0.4, 0.5) is 5.69 Å². The van der Waals surface area contributed by atoms with Crippen LogP contribution in [-0.2, 0) is 0 Å². The van der Waals surface area contributed by atoms with E-state index >= 15 is 0 Å². The number of nitrogens with two attached hydrogens (primary N) is 1. The van der Waals surface area contributed by atoms with Crippen molar-refractivity contribution in [2.75, 3.05) is 18.4 Å². The number of anilines is 1. The Kier molecular flexibility index (Phi) is 3.48. The fraction of sp³-hybridized carbons (Fsp3) is 0.429. The smallest absolute Gasteiger partial charge is 0.172 e. The number of carbonyl (C=O) groups is 1. The zero-order chi connectivity index (χ0) is 13.2. The maximum atomic E-state index is 11.9. The Labute approximate surface area is 107 Å². The van der Waals surface area contributed by atoms with E-state index < -0.39 is 0 Å². The van der Waals surface area contributed by atoms with Crippen LogP contribution in [0.5, 0.6) is 0 Å². The number of hydrogen-bond acceptors (Lipinski definition) is 3. The number of carbonyl (C=O) groups excluding carboxylic acids is 1. The molecular weight excluding hydrogens is 226 g/mol. The standard InChI is InChI=1S/C14H19N3O/c1-14(2,8-15)9-16-13-7-12(18)10-5-3-4-6-11(10)17-13/h3-6H,7-9,15H2,1-2H3,(H,16,17). The van der Waals surface area contributed by atoms with E-state index in [9.17, 15) is 4.79 Å². The number of para-hydroxylation sites is 1. The van der Waals surface area contributed by atoms with E-state index in [2.05, 4.69) is 24.2 Å². The minimum atomic E-state index is -0.0330. The normalized spacial score (nSPS) is 17.5. The van der Waals surface area contributed by atoms with Crippen molar-refractivity contribution in [3.63, 3.8) is 0 Å². The maximum Gasteiger partial charge on any atom is 0.172 e. The molecular formula is C14H19N3O. The molecule has 1 aliphatic heterocycles. The van der Waals surface area contributed by atoms with Crippen LogP contribution in [0.3, 0.4) is 0 Å². The number of hydrogen-bond donors (Lipinski definition) is 2. The minimum Gasteiger partial charge on any atom is -0.343 e. The topological polar surface area (TPSA) is 67.5 Å². The van der Waals surface area contributed by atoms with E-state index in [0.29, 0.717) is 19.5 Å². The van der Waals surface area contributed by atoms with Gasteiger partial charge in [-0.3, -0.25) is 9.79 Å². The van der Waals surface area contributed by atoms with E-state index in [-0.39, 0.29) is 11.2 Å². The number of amidine groups is 1. The van der Waals surface area contributed by atoms with E-state index in [1.54, 1.807) is 0 Å². The first-order chi connectivity index (χ1) is 8.52. The average molecular weight is 245 g/mol. The highest BCUT2D eigenvalue weighted by Gasteiger charge is 2.21. The van der Waals surface area contributed by atoms with Crippen molar-refractivity contribution in [2.24, 2.45) is 16.1 Å². The second kappa shape index (κ2) is 4.90. The minimum absolute atomic E-state index is 0.0330. The van der Waals surface area contributed by atoms with Crippen molar-refractivity contribution >= 4 is 17.3 Å². The van der Waals surface area contributed by atoms with Crippen LogP contribution in [0, 0.1) is 5.41 Å². The summed E-state index contributed by atoms with van der Waals surface area (Å²) in [7, 11) is 0. The van der Waals surface area contributed by atoms with Gasteiger partial charge in [0.1, 0.15) is 5.84 Å². The molecule has 0 fully saturated rings. The summed E-state index contributed by atoms with van der Waals surface area (Å²) in [6.07, 6.45) is 0.345. The van der Waals surface area contributed by atoms with Crippen LogP contribution in [0.1, 0.15) is 30.6 Å². The molecule has 0 saturated carbocycles. The van der Waals surface area contributed by atoms with Crippen LogP contribution in [0.2, 0.25) is 0 Å². The molecule has 1 aromatic rings. The lowest BCUT2D eigenvalue weighted by atomic mass is 9.94. The highest BCUT2D eigenvalue weighted by Crippen LogP contribution is 2.22. The molecule has 1 aromatic carbocycles. The number of nitrogens with one attached hydrogen (secondary N) is 1. The fourth-order valence-electron chi connectivity index (χ4n) is 1.75. The first-order valence-electron chi connectivity index (χ1n) is 6.14. The third kappa shape index (κ3) is 2.76. The number of benzene rings is 1. The van der Waals surface area contributed by atoms with Gasteiger partial charge in [-0.05, 0) is 24.1 Å². The van der Waals surface area contributed by atoms with Gasteiger partial charge in [0.15, 0.2) is 5.78 Å². The van der Waals surface area contributed by atoms with Crippen LogP contribution in [0.25, 0.3) is 0 Å². The SMILES string of the molecule is CC(C)(CN)CN=C1CC(=O)c2ccccc2N1. The van der Waals surface area contributed by atoms with Crippen molar-refractivity contribution in [1.82, 2.24) is 0 Å². The summed E-state index contributed by atoms with van der Waals surface area (Å²) in [5.74, 6) is 0.855. The Morgan fingerprint density at radius 1 is 1.39 bits per heavy atom. The first kappa shape index (κ1) is 12.8. The molecule has 1 heterocycles. The molecule has 4 nitrogen and oxygen atoms in total. The number of fused-ring (bicyclic) bond motifs is 1. The van der Waals surface area contributed by atoms with Gasteiger partial charge >= 0.3 is 0 Å². The molecule has 2 rings (SSSR count). The predicted octanol–water partition coefficient (Wildman–Crippen LogP) is 2.07. The molecule has 18 heavy (non-hydrogen) atoms. The van der Waals surface area contributed by atoms with Crippen molar-refractivity contribution in [1.29, 1.82) is 0 Å². The highest BCUT2D eigenvalue weighted by atomic mass is 16.1. The Morgan fingerprint density at radius 2 is 2.11 bits per heavy atom. The van der Waals surface area contributed by atoms with Crippen LogP contribution >= 0.6 is 0 Å². The Bertz CT molecular complexity index is 492. The number of rotatable bonds is 3. The molecule has 0 aliphatic carbocycles. The summed E-state index contributed by atoms with van der Waals surface area (Å²) in [6, 6.07) is 7.52. The molecule has 0 bridgehead atoms. The third-order valence-corrected chi connectivity index (χ3v) is 3.08. The van der Waals surface area contributed by atoms with Crippen molar-refractivity contribution in [3.8, 4) is 0 Å². The Hall–Kier alpha value is -1.68. The zero-order valence-electron chi connectivity index (χ0n) is 10.9. The highest BCUT2D eigenvalue weighted by molar-refractivity contribution is 6.20. The molecule has 0 unspecified atom stereocenters. The van der Waals surface area contributed by atoms with Gasteiger partial charge in [0.25, 0.3) is 0 Å². The van der Waals surface area contributed by atoms with E-state index in [0.717, 1.165) is 17.1 Å². The molecule has 96 valence electrons. The molecule has 0 atom stereocenters. The summed E-state index contributed by atoms with van der Waals surface area (Å²) in [5.41, 5.74) is 7.23. The van der Waals surface area contributed by atoms with Gasteiger partial charge < -0.3 is 11.1 Å². The van der Waals surface area contributed by atoms with E-state index in [1.165, 1.54) is 0 Å². The Morgan fingerprint density at radius 3 is 2.83 bits per heavy atom. The maximum absolute atomic E-state index is 11.9. The van der Waals surface area contributed by atoms with Crippen molar-refractivity contribution in [2.45, 2.75) is 20.3 Å². The average Bonchev–Trinajstić information content (AvgIpc) is 2.37. The van der Waals surface area contributed by atoms with E-state index in [4.69, 9.17) is 5.73 Å². The summed E-state index contributed by atoms with van der Waals surface area (Å²) in [5, 5.41) is 3.21. The number of Topliss-reactive ketones (excluding diaryl/α,β-unsaturated/α-hetero) is 1. The summed E-state index contributed by atoms with van der Waals surface area (Å²) < 4.78 is 0. The molecule has 0 aromatic heterocycles. The van der Waals surface area contributed by atoms with Gasteiger partial charge in [0.2, 0.25) is 0 Å². The lowest BCUT2D eigenvalue weighted by molar-refractivity contribution is 0.0999. The largest absolute Gasteiger partial charge is 0.343 e. The predicted molar refractivity (Wildman–Crippen MR) is 74.1 cm³/mol. The van der Waals surface area contributed by atoms with Crippen molar-refractivity contribution < 1.29 is 4.79 Å². The Balaban J connectivity index is 2.16. The number of nitrogens with zero attached hydrogens (tertiary/aromatic N) is 1. The van der Waals surface area contributed by atoms with Gasteiger partial charge in [0.05, 0.1) is 12.1 Å². The zero-order valence-corrected chi connectivity index (χ0v) is 10.9. The second-order valence-corrected chi connectivity index (χ2v) is 5.40. The summed E-state index contributed by atoms with van der Waals surface area (Å²) in [4.78, 5) is 16.4. The van der Waals surface area contributed by atoms with Crippen LogP contribution in [-0.4, -0.2) is 24.7 Å². The molecule has 0 saturated heterocycles. The van der Waals surface area contributed by atoms with Gasteiger partial charge in [-0.2, -0.15) is 0 Å². The third-order valence-electron chi connectivity index (χ3n) is 3.08. The lowest BCUT2D eigenvalue weighted by Gasteiger charge is -2.22. The van der Waals surface area contributed by atoms with Crippen LogP contribution < -0.4 is 11.1 Å². The molecule has 0 amide bonds. The van der Waals surface area contributed by atoms with E-state index in [1.807, 2.05) is 24.3 Å². The molecule has 0 radical (unpaired) electrons. The molecule has 1 aliphatic rings. The van der Waals surface area contributed by atoms with Gasteiger partial charge in [-0.25, -0.2) is 0 Å². The van der Waals surface area contributed by atoms with Crippen molar-refractivity contribution in [3.05, 3.63) is 29.8 Å². The second-order valence-electron chi connectivity index (χ2n) is 5.40. The monoisotopic (exact) mass is 245 g/mol. The lowest BCUT2D eigenvalue weighted by Crippen LogP contribution is -2.30. The quantitative estimate of drug-likeness (QED) is 0.856. The number of aliphatic imine (C=N–C) groups is 1. The van der Waals surface area contributed by atoms with Crippen LogP contribution in [0.15, 0.2) is 29.3 Å². The first-order valence-corrected chi connectivity index (χ1v) is 6.14.